The highest BCUT2D eigenvalue weighted by Gasteiger charge is 2.24. The molecule has 2 heteroatoms. The van der Waals surface area contributed by atoms with Gasteiger partial charge in [0.05, 0.1) is 0 Å². The largest absolute Gasteiger partial charge is 0.303 e. The third-order valence-corrected chi connectivity index (χ3v) is 3.26. The van der Waals surface area contributed by atoms with Crippen molar-refractivity contribution in [2.75, 3.05) is 25.4 Å². The second kappa shape index (κ2) is 5.13. The van der Waals surface area contributed by atoms with Gasteiger partial charge in [-0.2, -0.15) is 12.6 Å². The van der Waals surface area contributed by atoms with Gasteiger partial charge >= 0.3 is 0 Å². The molecule has 72 valence electrons. The van der Waals surface area contributed by atoms with E-state index in [0.717, 1.165) is 17.6 Å². The van der Waals surface area contributed by atoms with Crippen molar-refractivity contribution in [3.05, 3.63) is 0 Å². The minimum absolute atomic E-state index is 0.904. The fourth-order valence-electron chi connectivity index (χ4n) is 1.88. The number of hydrogen-bond donors (Lipinski definition) is 1. The van der Waals surface area contributed by atoms with Gasteiger partial charge in [0.1, 0.15) is 0 Å². The second-order valence-corrected chi connectivity index (χ2v) is 4.59. The lowest BCUT2D eigenvalue weighted by Gasteiger charge is -2.14. The Balaban J connectivity index is 2.10. The van der Waals surface area contributed by atoms with Crippen molar-refractivity contribution in [2.24, 2.45) is 11.8 Å². The molecule has 12 heavy (non-hydrogen) atoms. The van der Waals surface area contributed by atoms with Crippen molar-refractivity contribution in [1.29, 1.82) is 0 Å². The molecule has 0 saturated carbocycles. The zero-order valence-corrected chi connectivity index (χ0v) is 9.19. The molecule has 1 rings (SSSR count). The predicted octanol–water partition coefficient (Wildman–Crippen LogP) is 2.28. The van der Waals surface area contributed by atoms with Crippen LogP contribution < -0.4 is 0 Å². The van der Waals surface area contributed by atoms with Crippen LogP contribution in [0.3, 0.4) is 0 Å². The average Bonchev–Trinajstić information content (AvgIpc) is 2.32. The Morgan fingerprint density at radius 1 is 1.17 bits per heavy atom. The fraction of sp³-hybridized carbons (Fsp3) is 1.00. The molecule has 1 fully saturated rings. The first kappa shape index (κ1) is 10.4. The molecule has 0 spiro atoms. The molecule has 0 aromatic carbocycles. The van der Waals surface area contributed by atoms with Gasteiger partial charge in [-0.25, -0.2) is 0 Å². The Kier molecular flexibility index (Phi) is 4.44. The van der Waals surface area contributed by atoms with Crippen molar-refractivity contribution < 1.29 is 0 Å². The molecule has 0 aromatic rings. The van der Waals surface area contributed by atoms with Crippen molar-refractivity contribution in [3.8, 4) is 0 Å². The minimum Gasteiger partial charge on any atom is -0.303 e. The highest BCUT2D eigenvalue weighted by atomic mass is 32.1. The lowest BCUT2D eigenvalue weighted by Crippen LogP contribution is -2.21. The minimum atomic E-state index is 0.904. The molecular formula is C10H21NS. The van der Waals surface area contributed by atoms with Crippen LogP contribution in [-0.4, -0.2) is 30.3 Å². The Morgan fingerprint density at radius 3 is 2.25 bits per heavy atom. The van der Waals surface area contributed by atoms with Crippen LogP contribution in [0.4, 0.5) is 0 Å². The van der Waals surface area contributed by atoms with Crippen molar-refractivity contribution in [1.82, 2.24) is 4.90 Å². The molecule has 1 aliphatic rings. The fourth-order valence-corrected chi connectivity index (χ4v) is 2.10. The summed E-state index contributed by atoms with van der Waals surface area (Å²) in [5, 5.41) is 0. The zero-order chi connectivity index (χ0) is 8.97. The molecule has 0 bridgehead atoms. The predicted molar refractivity (Wildman–Crippen MR) is 57.9 cm³/mol. The Morgan fingerprint density at radius 2 is 1.75 bits per heavy atom. The van der Waals surface area contributed by atoms with E-state index in [0.29, 0.717) is 0 Å². The van der Waals surface area contributed by atoms with E-state index in [2.05, 4.69) is 31.4 Å². The van der Waals surface area contributed by atoms with Crippen LogP contribution >= 0.6 is 12.6 Å². The number of thiol groups is 1. The molecule has 1 nitrogen and oxygen atoms in total. The van der Waals surface area contributed by atoms with Gasteiger partial charge in [0, 0.05) is 13.1 Å². The van der Waals surface area contributed by atoms with Gasteiger partial charge in [-0.1, -0.05) is 13.8 Å². The zero-order valence-electron chi connectivity index (χ0n) is 8.29. The summed E-state index contributed by atoms with van der Waals surface area (Å²) in [6.07, 6.45) is 2.59. The molecule has 1 aliphatic heterocycles. The second-order valence-electron chi connectivity index (χ2n) is 4.14. The number of nitrogens with zero attached hydrogens (tertiary/aromatic N) is 1. The first-order chi connectivity index (χ1) is 5.74. The van der Waals surface area contributed by atoms with Gasteiger partial charge in [-0.3, -0.25) is 0 Å². The first-order valence-electron chi connectivity index (χ1n) is 5.07. The third-order valence-electron chi connectivity index (χ3n) is 2.95. The standard InChI is InChI=1S/C10H21NS/c1-9-7-11(8-10(9)2)5-3-4-6-12/h9-10,12H,3-8H2,1-2H3. The van der Waals surface area contributed by atoms with Gasteiger partial charge in [0.2, 0.25) is 0 Å². The highest BCUT2D eigenvalue weighted by Crippen LogP contribution is 2.21. The smallest absolute Gasteiger partial charge is 0.00102 e. The van der Waals surface area contributed by atoms with Crippen molar-refractivity contribution >= 4 is 12.6 Å². The molecule has 0 amide bonds. The summed E-state index contributed by atoms with van der Waals surface area (Å²) in [7, 11) is 0. The van der Waals surface area contributed by atoms with E-state index in [1.807, 2.05) is 0 Å². The maximum Gasteiger partial charge on any atom is 0.00102 e. The van der Waals surface area contributed by atoms with Gasteiger partial charge < -0.3 is 4.90 Å². The van der Waals surface area contributed by atoms with E-state index in [9.17, 15) is 0 Å². The van der Waals surface area contributed by atoms with E-state index in [-0.39, 0.29) is 0 Å². The monoisotopic (exact) mass is 187 g/mol. The molecule has 1 saturated heterocycles. The molecule has 0 aliphatic carbocycles. The summed E-state index contributed by atoms with van der Waals surface area (Å²) < 4.78 is 0. The number of hydrogen-bond acceptors (Lipinski definition) is 2. The van der Waals surface area contributed by atoms with Crippen LogP contribution in [0.5, 0.6) is 0 Å². The van der Waals surface area contributed by atoms with Crippen LogP contribution in [-0.2, 0) is 0 Å². The van der Waals surface area contributed by atoms with Gasteiger partial charge in [0.15, 0.2) is 0 Å². The van der Waals surface area contributed by atoms with E-state index >= 15 is 0 Å². The Labute approximate surface area is 81.9 Å². The van der Waals surface area contributed by atoms with Crippen LogP contribution in [0.1, 0.15) is 26.7 Å². The summed E-state index contributed by atoms with van der Waals surface area (Å²) in [5.41, 5.74) is 0. The lowest BCUT2D eigenvalue weighted by molar-refractivity contribution is 0.318. The van der Waals surface area contributed by atoms with Crippen LogP contribution in [0.25, 0.3) is 0 Å². The number of rotatable bonds is 4. The normalized spacial score (nSPS) is 31.2. The number of unbranched alkanes of at least 4 members (excludes halogenated alkanes) is 1. The van der Waals surface area contributed by atoms with Gasteiger partial charge in [-0.15, -0.1) is 0 Å². The molecule has 0 aromatic heterocycles. The van der Waals surface area contributed by atoms with Crippen molar-refractivity contribution in [3.63, 3.8) is 0 Å². The summed E-state index contributed by atoms with van der Waals surface area (Å²) in [5.74, 6) is 2.85. The van der Waals surface area contributed by atoms with Crippen LogP contribution in [0.15, 0.2) is 0 Å². The van der Waals surface area contributed by atoms with Crippen molar-refractivity contribution in [2.45, 2.75) is 26.7 Å². The summed E-state index contributed by atoms with van der Waals surface area (Å²) in [6.45, 7) is 8.64. The molecular weight excluding hydrogens is 166 g/mol. The molecule has 0 N–H and O–H groups in total. The third kappa shape index (κ3) is 2.98. The van der Waals surface area contributed by atoms with E-state index < -0.39 is 0 Å². The topological polar surface area (TPSA) is 3.24 Å². The Hall–Kier alpha value is 0.310. The van der Waals surface area contributed by atoms with Gasteiger partial charge in [0.25, 0.3) is 0 Å². The molecule has 1 heterocycles. The molecule has 2 atom stereocenters. The SMILES string of the molecule is CC1CN(CCCCS)CC1C. The highest BCUT2D eigenvalue weighted by molar-refractivity contribution is 7.80. The van der Waals surface area contributed by atoms with E-state index in [1.54, 1.807) is 0 Å². The summed E-state index contributed by atoms with van der Waals surface area (Å²) >= 11 is 4.21. The first-order valence-corrected chi connectivity index (χ1v) is 5.70. The molecule has 0 radical (unpaired) electrons. The van der Waals surface area contributed by atoms with E-state index in [4.69, 9.17) is 0 Å². The Bertz CT molecular complexity index is 117. The summed E-state index contributed by atoms with van der Waals surface area (Å²) in [4.78, 5) is 2.60. The summed E-state index contributed by atoms with van der Waals surface area (Å²) in [6, 6.07) is 0. The van der Waals surface area contributed by atoms with Crippen LogP contribution in [0.2, 0.25) is 0 Å². The maximum absolute atomic E-state index is 4.21. The van der Waals surface area contributed by atoms with E-state index in [1.165, 1.54) is 32.5 Å². The van der Waals surface area contributed by atoms with Gasteiger partial charge in [-0.05, 0) is 37.0 Å². The quantitative estimate of drug-likeness (QED) is 0.522. The lowest BCUT2D eigenvalue weighted by atomic mass is 10.0. The van der Waals surface area contributed by atoms with Crippen LogP contribution in [0, 0.1) is 11.8 Å². The maximum atomic E-state index is 4.21. The average molecular weight is 187 g/mol. The molecule has 2 unspecified atom stereocenters. The number of likely N-dealkylation sites (tertiary alicyclic amines) is 1.